The van der Waals surface area contributed by atoms with Crippen molar-refractivity contribution in [2.75, 3.05) is 0 Å². The van der Waals surface area contributed by atoms with Crippen LogP contribution in [-0.2, 0) is 6.42 Å². The molecule has 0 aromatic heterocycles. The maximum Gasteiger partial charge on any atom is 0.169 e. The molecule has 0 aliphatic heterocycles. The van der Waals surface area contributed by atoms with Crippen LogP contribution in [-0.4, -0.2) is 0 Å². The molecule has 1 fully saturated rings. The SMILES string of the molecule is CCC/C=C/C1CCC(c2cc3ccc(CCCCC)c(F)c3c(F)c2F)CC1. The average Bonchev–Trinajstić information content (AvgIpc) is 2.73. The molecule has 1 aliphatic rings. The molecule has 1 saturated carbocycles. The standard InChI is InChI=1S/C26H33F3/c1-3-5-7-9-18-11-13-19(14-12-18)22-17-21-16-15-20(10-8-6-4-2)24(27)23(21)26(29)25(22)28/h7,9,15-19H,3-6,8,10-14H2,1-2H3/b9-7+. The molecule has 2 aromatic carbocycles. The van der Waals surface area contributed by atoms with Gasteiger partial charge in [-0.25, -0.2) is 13.2 Å². The molecular weight excluding hydrogens is 369 g/mol. The van der Waals surface area contributed by atoms with Crippen LogP contribution in [0.25, 0.3) is 10.8 Å². The average molecular weight is 403 g/mol. The highest BCUT2D eigenvalue weighted by molar-refractivity contribution is 5.85. The van der Waals surface area contributed by atoms with Gasteiger partial charge in [0.25, 0.3) is 0 Å². The molecule has 0 atom stereocenters. The fourth-order valence-electron chi connectivity index (χ4n) is 4.58. The molecule has 0 bridgehead atoms. The third-order valence-corrected chi connectivity index (χ3v) is 6.36. The number of fused-ring (bicyclic) bond motifs is 1. The van der Waals surface area contributed by atoms with E-state index in [1.165, 1.54) is 0 Å². The molecule has 0 amide bonds. The second-order valence-corrected chi connectivity index (χ2v) is 8.52. The summed E-state index contributed by atoms with van der Waals surface area (Å²) in [6, 6.07) is 5.18. The lowest BCUT2D eigenvalue weighted by Gasteiger charge is -2.28. The number of unbranched alkanes of at least 4 members (excludes halogenated alkanes) is 3. The van der Waals surface area contributed by atoms with Crippen molar-refractivity contribution < 1.29 is 13.2 Å². The second-order valence-electron chi connectivity index (χ2n) is 8.52. The summed E-state index contributed by atoms with van der Waals surface area (Å²) >= 11 is 0. The van der Waals surface area contributed by atoms with Gasteiger partial charge < -0.3 is 0 Å². The zero-order valence-electron chi connectivity index (χ0n) is 17.7. The molecule has 158 valence electrons. The van der Waals surface area contributed by atoms with E-state index in [1.807, 2.05) is 0 Å². The van der Waals surface area contributed by atoms with Crippen LogP contribution in [0.1, 0.15) is 88.7 Å². The highest BCUT2D eigenvalue weighted by atomic mass is 19.2. The summed E-state index contributed by atoms with van der Waals surface area (Å²) in [6.45, 7) is 4.25. The molecule has 3 heteroatoms. The molecule has 1 aliphatic carbocycles. The smallest absolute Gasteiger partial charge is 0.169 e. The van der Waals surface area contributed by atoms with Crippen LogP contribution in [0.3, 0.4) is 0 Å². The fourth-order valence-corrected chi connectivity index (χ4v) is 4.58. The predicted molar refractivity (Wildman–Crippen MR) is 116 cm³/mol. The number of halogens is 3. The summed E-state index contributed by atoms with van der Waals surface area (Å²) in [5.74, 6) is -1.91. The van der Waals surface area contributed by atoms with E-state index in [2.05, 4.69) is 26.0 Å². The molecule has 0 N–H and O–H groups in total. The third kappa shape index (κ3) is 5.05. The van der Waals surface area contributed by atoms with E-state index in [9.17, 15) is 13.2 Å². The van der Waals surface area contributed by atoms with Crippen LogP contribution in [0.15, 0.2) is 30.4 Å². The van der Waals surface area contributed by atoms with Gasteiger partial charge in [-0.1, -0.05) is 57.4 Å². The Balaban J connectivity index is 1.82. The minimum absolute atomic E-state index is 0.0111. The summed E-state index contributed by atoms with van der Waals surface area (Å²) in [6.07, 6.45) is 13.9. The zero-order valence-corrected chi connectivity index (χ0v) is 17.7. The Morgan fingerprint density at radius 3 is 2.34 bits per heavy atom. The number of aryl methyl sites for hydroxylation is 1. The van der Waals surface area contributed by atoms with Gasteiger partial charge in [0.1, 0.15) is 5.82 Å². The molecule has 0 saturated heterocycles. The molecule has 0 radical (unpaired) electrons. The molecule has 0 nitrogen and oxygen atoms in total. The second kappa shape index (κ2) is 10.3. The van der Waals surface area contributed by atoms with Crippen LogP contribution >= 0.6 is 0 Å². The number of hydrogen-bond acceptors (Lipinski definition) is 0. The summed E-state index contributed by atoms with van der Waals surface area (Å²) in [5, 5.41) is 0.289. The van der Waals surface area contributed by atoms with Gasteiger partial charge in [-0.2, -0.15) is 0 Å². The van der Waals surface area contributed by atoms with Gasteiger partial charge in [-0.15, -0.1) is 0 Å². The first-order valence-electron chi connectivity index (χ1n) is 11.3. The lowest BCUT2D eigenvalue weighted by Crippen LogP contribution is -2.14. The van der Waals surface area contributed by atoms with E-state index in [1.54, 1.807) is 18.2 Å². The molecule has 29 heavy (non-hydrogen) atoms. The summed E-state index contributed by atoms with van der Waals surface area (Å²) in [4.78, 5) is 0. The van der Waals surface area contributed by atoms with Gasteiger partial charge in [0.15, 0.2) is 11.6 Å². The van der Waals surface area contributed by atoms with Crippen LogP contribution in [0, 0.1) is 23.4 Å². The largest absolute Gasteiger partial charge is 0.206 e. The Hall–Kier alpha value is -1.77. The molecule has 0 heterocycles. The topological polar surface area (TPSA) is 0 Å². The van der Waals surface area contributed by atoms with Crippen molar-refractivity contribution in [3.05, 3.63) is 58.9 Å². The van der Waals surface area contributed by atoms with Crippen molar-refractivity contribution in [3.63, 3.8) is 0 Å². The molecule has 0 spiro atoms. The number of allylic oxidation sites excluding steroid dienone is 2. The Labute approximate surface area is 173 Å². The fraction of sp³-hybridized carbons (Fsp3) is 0.538. The van der Waals surface area contributed by atoms with Crippen molar-refractivity contribution in [1.82, 2.24) is 0 Å². The van der Waals surface area contributed by atoms with Crippen molar-refractivity contribution >= 4 is 10.8 Å². The lowest BCUT2D eigenvalue weighted by atomic mass is 9.78. The third-order valence-electron chi connectivity index (χ3n) is 6.36. The van der Waals surface area contributed by atoms with E-state index < -0.39 is 17.5 Å². The van der Waals surface area contributed by atoms with Gasteiger partial charge in [0, 0.05) is 0 Å². The summed E-state index contributed by atoms with van der Waals surface area (Å²) in [5.41, 5.74) is 0.903. The highest BCUT2D eigenvalue weighted by Crippen LogP contribution is 2.40. The van der Waals surface area contributed by atoms with Gasteiger partial charge in [0.2, 0.25) is 0 Å². The van der Waals surface area contributed by atoms with Gasteiger partial charge >= 0.3 is 0 Å². The van der Waals surface area contributed by atoms with Crippen molar-refractivity contribution in [3.8, 4) is 0 Å². The number of benzene rings is 2. The maximum atomic E-state index is 14.9. The van der Waals surface area contributed by atoms with Crippen LogP contribution in [0.5, 0.6) is 0 Å². The Morgan fingerprint density at radius 2 is 1.66 bits per heavy atom. The quantitative estimate of drug-likeness (QED) is 0.306. The summed E-state index contributed by atoms with van der Waals surface area (Å²) in [7, 11) is 0. The van der Waals surface area contributed by atoms with Crippen LogP contribution in [0.2, 0.25) is 0 Å². The Kier molecular flexibility index (Phi) is 7.80. The normalized spacial score (nSPS) is 20.0. The van der Waals surface area contributed by atoms with Crippen LogP contribution < -0.4 is 0 Å². The Morgan fingerprint density at radius 1 is 0.897 bits per heavy atom. The lowest BCUT2D eigenvalue weighted by molar-refractivity contribution is 0.364. The van der Waals surface area contributed by atoms with Crippen LogP contribution in [0.4, 0.5) is 13.2 Å². The number of hydrogen-bond donors (Lipinski definition) is 0. The minimum Gasteiger partial charge on any atom is -0.206 e. The Bertz CT molecular complexity index is 845. The summed E-state index contributed by atoms with van der Waals surface area (Å²) < 4.78 is 44.7. The van der Waals surface area contributed by atoms with E-state index in [4.69, 9.17) is 0 Å². The van der Waals surface area contributed by atoms with E-state index in [0.717, 1.165) is 57.8 Å². The zero-order chi connectivity index (χ0) is 20.8. The van der Waals surface area contributed by atoms with Gasteiger partial charge in [-0.05, 0) is 79.4 Å². The van der Waals surface area contributed by atoms with E-state index in [-0.39, 0.29) is 11.3 Å². The predicted octanol–water partition coefficient (Wildman–Crippen LogP) is 8.62. The van der Waals surface area contributed by atoms with Gasteiger partial charge in [0.05, 0.1) is 5.39 Å². The monoisotopic (exact) mass is 402 g/mol. The van der Waals surface area contributed by atoms with Crippen molar-refractivity contribution in [2.45, 2.75) is 84.0 Å². The molecule has 0 unspecified atom stereocenters. The molecular formula is C26H33F3. The van der Waals surface area contributed by atoms with Crippen molar-refractivity contribution in [1.29, 1.82) is 0 Å². The first kappa shape index (κ1) is 21.9. The van der Waals surface area contributed by atoms with Gasteiger partial charge in [-0.3, -0.25) is 0 Å². The molecule has 3 rings (SSSR count). The number of rotatable bonds is 8. The highest BCUT2D eigenvalue weighted by Gasteiger charge is 2.26. The molecule has 2 aromatic rings. The van der Waals surface area contributed by atoms with E-state index in [0.29, 0.717) is 28.9 Å². The first-order valence-corrected chi connectivity index (χ1v) is 11.3. The maximum absolute atomic E-state index is 14.9. The first-order chi connectivity index (χ1) is 14.1. The van der Waals surface area contributed by atoms with Crippen molar-refractivity contribution in [2.24, 2.45) is 5.92 Å². The van der Waals surface area contributed by atoms with E-state index >= 15 is 0 Å². The minimum atomic E-state index is -1.02.